The van der Waals surface area contributed by atoms with E-state index in [0.29, 0.717) is 12.3 Å². The Balaban J connectivity index is 0.00000180. The van der Waals surface area contributed by atoms with Crippen molar-refractivity contribution in [3.05, 3.63) is 28.2 Å². The Kier molecular flexibility index (Phi) is 6.83. The van der Waals surface area contributed by atoms with Crippen molar-refractivity contribution in [2.24, 2.45) is 5.92 Å². The summed E-state index contributed by atoms with van der Waals surface area (Å²) in [4.78, 5) is 11.8. The molecule has 0 aliphatic carbocycles. The fourth-order valence-electron chi connectivity index (χ4n) is 2.24. The number of anilines is 1. The van der Waals surface area contributed by atoms with Crippen LogP contribution in [0.5, 0.6) is 0 Å². The zero-order valence-electron chi connectivity index (χ0n) is 11.0. The molecule has 1 heterocycles. The number of nitrogens with one attached hydrogen (secondary N) is 2. The first-order chi connectivity index (χ1) is 8.65. The molecule has 1 fully saturated rings. The first-order valence-electron chi connectivity index (χ1n) is 6.42. The molecule has 0 aromatic heterocycles. The highest BCUT2D eigenvalue weighted by molar-refractivity contribution is 9.10. The number of hydrogen-bond acceptors (Lipinski definition) is 2. The lowest BCUT2D eigenvalue weighted by Gasteiger charge is -2.09. The average molecular weight is 348 g/mol. The van der Waals surface area contributed by atoms with Crippen molar-refractivity contribution in [1.29, 1.82) is 0 Å². The van der Waals surface area contributed by atoms with Gasteiger partial charge in [0.05, 0.1) is 0 Å². The first-order valence-corrected chi connectivity index (χ1v) is 7.21. The van der Waals surface area contributed by atoms with Crippen molar-refractivity contribution in [3.63, 3.8) is 0 Å². The summed E-state index contributed by atoms with van der Waals surface area (Å²) in [5, 5.41) is 6.28. The van der Waals surface area contributed by atoms with Crippen LogP contribution < -0.4 is 10.6 Å². The molecule has 5 heteroatoms. The molecule has 3 nitrogen and oxygen atoms in total. The second-order valence-corrected chi connectivity index (χ2v) is 5.76. The summed E-state index contributed by atoms with van der Waals surface area (Å²) in [5.74, 6) is 0.783. The standard InChI is InChI=1S/C14H19BrN2O.ClH/c1-10-8-12(3-4-13(10)15)17-14(18)5-2-11-6-7-16-9-11;/h3-4,8,11,16H,2,5-7,9H2,1H3,(H,17,18);1H. The van der Waals surface area contributed by atoms with E-state index in [1.165, 1.54) is 6.42 Å². The highest BCUT2D eigenvalue weighted by Crippen LogP contribution is 2.20. The fourth-order valence-corrected chi connectivity index (χ4v) is 2.49. The zero-order chi connectivity index (χ0) is 13.0. The van der Waals surface area contributed by atoms with Gasteiger partial charge < -0.3 is 10.6 Å². The van der Waals surface area contributed by atoms with Gasteiger partial charge in [-0.2, -0.15) is 0 Å². The van der Waals surface area contributed by atoms with E-state index in [4.69, 9.17) is 0 Å². The van der Waals surface area contributed by atoms with Gasteiger partial charge in [-0.25, -0.2) is 0 Å². The minimum absolute atomic E-state index is 0. The van der Waals surface area contributed by atoms with Crippen LogP contribution in [0.1, 0.15) is 24.8 Å². The third-order valence-corrected chi connectivity index (χ3v) is 4.27. The van der Waals surface area contributed by atoms with Gasteiger partial charge in [-0.1, -0.05) is 15.9 Å². The molecular formula is C14H20BrClN2O. The summed E-state index contributed by atoms with van der Waals surface area (Å²) >= 11 is 3.45. The van der Waals surface area contributed by atoms with Gasteiger partial charge in [0.25, 0.3) is 0 Å². The fraction of sp³-hybridized carbons (Fsp3) is 0.500. The molecule has 0 saturated carbocycles. The third kappa shape index (κ3) is 5.13. The Bertz CT molecular complexity index is 433. The maximum absolute atomic E-state index is 11.8. The summed E-state index contributed by atoms with van der Waals surface area (Å²) in [5.41, 5.74) is 2.01. The van der Waals surface area contributed by atoms with Crippen LogP contribution in [0.25, 0.3) is 0 Å². The van der Waals surface area contributed by atoms with Gasteiger partial charge >= 0.3 is 0 Å². The van der Waals surface area contributed by atoms with Crippen LogP contribution in [-0.2, 0) is 4.79 Å². The van der Waals surface area contributed by atoms with Crippen LogP contribution in [-0.4, -0.2) is 19.0 Å². The number of carbonyl (C=O) groups is 1. The van der Waals surface area contributed by atoms with E-state index < -0.39 is 0 Å². The molecule has 0 bridgehead atoms. The summed E-state index contributed by atoms with van der Waals surface area (Å²) < 4.78 is 1.07. The van der Waals surface area contributed by atoms with Gasteiger partial charge in [0.2, 0.25) is 5.91 Å². The minimum atomic E-state index is 0. The molecular weight excluding hydrogens is 328 g/mol. The molecule has 1 aliphatic heterocycles. The SMILES string of the molecule is Cc1cc(NC(=O)CCC2CCNC2)ccc1Br.Cl. The van der Waals surface area contributed by atoms with Gasteiger partial charge in [-0.15, -0.1) is 12.4 Å². The largest absolute Gasteiger partial charge is 0.326 e. The lowest BCUT2D eigenvalue weighted by atomic mass is 10.0. The molecule has 106 valence electrons. The molecule has 2 rings (SSSR count). The lowest BCUT2D eigenvalue weighted by molar-refractivity contribution is -0.116. The predicted octanol–water partition coefficient (Wildman–Crippen LogP) is 3.51. The lowest BCUT2D eigenvalue weighted by Crippen LogP contribution is -2.15. The predicted molar refractivity (Wildman–Crippen MR) is 85.0 cm³/mol. The van der Waals surface area contributed by atoms with Crippen LogP contribution in [0.15, 0.2) is 22.7 Å². The number of amides is 1. The molecule has 1 aliphatic rings. The molecule has 2 N–H and O–H groups in total. The monoisotopic (exact) mass is 346 g/mol. The number of halogens is 2. The van der Waals surface area contributed by atoms with Gasteiger partial charge in [0.1, 0.15) is 0 Å². The van der Waals surface area contributed by atoms with E-state index in [1.807, 2.05) is 25.1 Å². The van der Waals surface area contributed by atoms with E-state index in [-0.39, 0.29) is 18.3 Å². The van der Waals surface area contributed by atoms with E-state index >= 15 is 0 Å². The molecule has 1 amide bonds. The molecule has 1 atom stereocenters. The summed E-state index contributed by atoms with van der Waals surface area (Å²) in [6.45, 7) is 4.17. The number of aryl methyl sites for hydroxylation is 1. The number of hydrogen-bond donors (Lipinski definition) is 2. The number of benzene rings is 1. The van der Waals surface area contributed by atoms with Crippen LogP contribution in [0, 0.1) is 12.8 Å². The van der Waals surface area contributed by atoms with Crippen molar-refractivity contribution in [2.75, 3.05) is 18.4 Å². The van der Waals surface area contributed by atoms with E-state index in [2.05, 4.69) is 26.6 Å². The number of rotatable bonds is 4. The summed E-state index contributed by atoms with van der Waals surface area (Å²) in [6.07, 6.45) is 2.79. The van der Waals surface area contributed by atoms with Gasteiger partial charge in [-0.3, -0.25) is 4.79 Å². The molecule has 0 spiro atoms. The first kappa shape index (κ1) is 16.5. The van der Waals surface area contributed by atoms with Crippen molar-refractivity contribution in [2.45, 2.75) is 26.2 Å². The van der Waals surface area contributed by atoms with Crippen LogP contribution in [0.2, 0.25) is 0 Å². The van der Waals surface area contributed by atoms with Crippen LogP contribution in [0.4, 0.5) is 5.69 Å². The molecule has 1 aromatic carbocycles. The number of carbonyl (C=O) groups excluding carboxylic acids is 1. The van der Waals surface area contributed by atoms with E-state index in [9.17, 15) is 4.79 Å². The topological polar surface area (TPSA) is 41.1 Å². The molecule has 19 heavy (non-hydrogen) atoms. The minimum Gasteiger partial charge on any atom is -0.326 e. The van der Waals surface area contributed by atoms with Crippen LogP contribution >= 0.6 is 28.3 Å². The Labute approximate surface area is 129 Å². The molecule has 0 radical (unpaired) electrons. The zero-order valence-corrected chi connectivity index (χ0v) is 13.4. The summed E-state index contributed by atoms with van der Waals surface area (Å²) in [6, 6.07) is 5.87. The second-order valence-electron chi connectivity index (χ2n) is 4.91. The van der Waals surface area contributed by atoms with E-state index in [1.54, 1.807) is 0 Å². The van der Waals surface area contributed by atoms with Crippen molar-refractivity contribution in [1.82, 2.24) is 5.32 Å². The normalized spacial score (nSPS) is 17.9. The maximum Gasteiger partial charge on any atom is 0.224 e. The van der Waals surface area contributed by atoms with Gasteiger partial charge in [-0.05, 0) is 62.5 Å². The third-order valence-electron chi connectivity index (χ3n) is 3.38. The van der Waals surface area contributed by atoms with Gasteiger partial charge in [0, 0.05) is 16.6 Å². The molecule has 1 saturated heterocycles. The average Bonchev–Trinajstić information content (AvgIpc) is 2.84. The highest BCUT2D eigenvalue weighted by Gasteiger charge is 2.15. The van der Waals surface area contributed by atoms with Crippen LogP contribution in [0.3, 0.4) is 0 Å². The molecule has 1 unspecified atom stereocenters. The Morgan fingerprint density at radius 1 is 1.53 bits per heavy atom. The van der Waals surface area contributed by atoms with Gasteiger partial charge in [0.15, 0.2) is 0 Å². The Hall–Kier alpha value is -0.580. The second kappa shape index (κ2) is 7.88. The maximum atomic E-state index is 11.8. The van der Waals surface area contributed by atoms with Crippen molar-refractivity contribution < 1.29 is 4.79 Å². The van der Waals surface area contributed by atoms with Crippen molar-refractivity contribution in [3.8, 4) is 0 Å². The van der Waals surface area contributed by atoms with E-state index in [0.717, 1.165) is 35.2 Å². The highest BCUT2D eigenvalue weighted by atomic mass is 79.9. The Morgan fingerprint density at radius 3 is 2.95 bits per heavy atom. The quantitative estimate of drug-likeness (QED) is 0.875. The molecule has 1 aromatic rings. The van der Waals surface area contributed by atoms with Crippen molar-refractivity contribution >= 4 is 39.9 Å². The smallest absolute Gasteiger partial charge is 0.224 e. The Morgan fingerprint density at radius 2 is 2.32 bits per heavy atom. The summed E-state index contributed by atoms with van der Waals surface area (Å²) in [7, 11) is 0.